The van der Waals surface area contributed by atoms with Gasteiger partial charge in [-0.3, -0.25) is 4.79 Å². The van der Waals surface area contributed by atoms with Crippen molar-refractivity contribution >= 4 is 27.5 Å². The number of anilines is 1. The minimum absolute atomic E-state index is 0.0824. The van der Waals surface area contributed by atoms with E-state index in [9.17, 15) is 4.79 Å². The van der Waals surface area contributed by atoms with E-state index in [1.54, 1.807) is 0 Å². The number of carbonyl (C=O) groups excluding carboxylic acids is 1. The van der Waals surface area contributed by atoms with Crippen LogP contribution in [0.25, 0.3) is 0 Å². The van der Waals surface area contributed by atoms with E-state index < -0.39 is 0 Å². The molecule has 0 unspecified atom stereocenters. The van der Waals surface area contributed by atoms with E-state index in [1.807, 2.05) is 24.3 Å². The van der Waals surface area contributed by atoms with Gasteiger partial charge in [-0.2, -0.15) is 0 Å². The molecule has 0 spiro atoms. The molecular weight excluding hydrogens is 268 g/mol. The Kier molecular flexibility index (Phi) is 3.61. The van der Waals surface area contributed by atoms with Crippen LogP contribution in [0.3, 0.4) is 0 Å². The highest BCUT2D eigenvalue weighted by atomic mass is 79.9. The number of hydrogen-bond donors (Lipinski definition) is 2. The Morgan fingerprint density at radius 1 is 1.50 bits per heavy atom. The number of rotatable bonds is 2. The van der Waals surface area contributed by atoms with Crippen molar-refractivity contribution in [3.63, 3.8) is 0 Å². The van der Waals surface area contributed by atoms with Crippen molar-refractivity contribution in [2.24, 2.45) is 11.8 Å². The summed E-state index contributed by atoms with van der Waals surface area (Å²) in [5.41, 5.74) is 0.846. The third kappa shape index (κ3) is 2.62. The summed E-state index contributed by atoms with van der Waals surface area (Å²) in [6.45, 7) is 3.81. The van der Waals surface area contributed by atoms with Crippen LogP contribution < -0.4 is 10.6 Å². The van der Waals surface area contributed by atoms with Crippen LogP contribution in [0.5, 0.6) is 0 Å². The standard InChI is InChI=1S/C12H15BrN2O/c1-8-6-14-7-11(8)12(16)15-10-4-2-3-9(13)5-10/h2-5,8,11,14H,6-7H2,1H3,(H,15,16)/t8-,11-/m1/s1. The highest BCUT2D eigenvalue weighted by Crippen LogP contribution is 2.20. The molecule has 2 rings (SSSR count). The van der Waals surface area contributed by atoms with Gasteiger partial charge < -0.3 is 10.6 Å². The summed E-state index contributed by atoms with van der Waals surface area (Å²) in [4.78, 5) is 12.0. The molecule has 3 nitrogen and oxygen atoms in total. The molecule has 1 amide bonds. The second-order valence-electron chi connectivity index (χ2n) is 4.24. The molecule has 1 fully saturated rings. The highest BCUT2D eigenvalue weighted by molar-refractivity contribution is 9.10. The van der Waals surface area contributed by atoms with Crippen LogP contribution in [0.4, 0.5) is 5.69 Å². The third-order valence-electron chi connectivity index (χ3n) is 2.95. The van der Waals surface area contributed by atoms with Crippen molar-refractivity contribution in [1.82, 2.24) is 5.32 Å². The fourth-order valence-electron chi connectivity index (χ4n) is 1.96. The zero-order valence-corrected chi connectivity index (χ0v) is 10.8. The van der Waals surface area contributed by atoms with Gasteiger partial charge in [0.25, 0.3) is 0 Å². The quantitative estimate of drug-likeness (QED) is 0.874. The monoisotopic (exact) mass is 282 g/mol. The molecule has 16 heavy (non-hydrogen) atoms. The van der Waals surface area contributed by atoms with Crippen LogP contribution in [0, 0.1) is 11.8 Å². The summed E-state index contributed by atoms with van der Waals surface area (Å²) < 4.78 is 0.975. The number of amides is 1. The molecule has 1 aliphatic rings. The van der Waals surface area contributed by atoms with Crippen molar-refractivity contribution in [3.8, 4) is 0 Å². The van der Waals surface area contributed by atoms with Gasteiger partial charge in [0, 0.05) is 16.7 Å². The van der Waals surface area contributed by atoms with E-state index in [1.165, 1.54) is 0 Å². The topological polar surface area (TPSA) is 41.1 Å². The lowest BCUT2D eigenvalue weighted by Gasteiger charge is -2.14. The van der Waals surface area contributed by atoms with Gasteiger partial charge in [-0.05, 0) is 30.7 Å². The summed E-state index contributed by atoms with van der Waals surface area (Å²) in [5, 5.41) is 6.18. The van der Waals surface area contributed by atoms with Crippen LogP contribution >= 0.6 is 15.9 Å². The minimum Gasteiger partial charge on any atom is -0.326 e. The maximum absolute atomic E-state index is 12.0. The first-order valence-corrected chi connectivity index (χ1v) is 6.23. The maximum Gasteiger partial charge on any atom is 0.229 e. The zero-order valence-electron chi connectivity index (χ0n) is 9.16. The minimum atomic E-state index is 0.0824. The Morgan fingerprint density at radius 3 is 2.94 bits per heavy atom. The summed E-state index contributed by atoms with van der Waals surface area (Å²) in [7, 11) is 0. The van der Waals surface area contributed by atoms with Crippen molar-refractivity contribution in [2.45, 2.75) is 6.92 Å². The Balaban J connectivity index is 2.02. The summed E-state index contributed by atoms with van der Waals surface area (Å²) in [6, 6.07) is 7.66. The SMILES string of the molecule is C[C@@H]1CNC[C@H]1C(=O)Nc1cccc(Br)c1. The molecule has 1 saturated heterocycles. The predicted octanol–water partition coefficient (Wildman–Crippen LogP) is 2.24. The van der Waals surface area contributed by atoms with E-state index in [0.717, 1.165) is 23.2 Å². The second-order valence-corrected chi connectivity index (χ2v) is 5.16. The Bertz CT molecular complexity index is 394. The van der Waals surface area contributed by atoms with Crippen LogP contribution in [0.15, 0.2) is 28.7 Å². The van der Waals surface area contributed by atoms with E-state index >= 15 is 0 Å². The Hall–Kier alpha value is -0.870. The molecule has 1 aliphatic heterocycles. The van der Waals surface area contributed by atoms with Crippen molar-refractivity contribution in [1.29, 1.82) is 0 Å². The lowest BCUT2D eigenvalue weighted by molar-refractivity contribution is -0.120. The molecular formula is C12H15BrN2O. The van der Waals surface area contributed by atoms with E-state index in [-0.39, 0.29) is 11.8 Å². The molecule has 0 bridgehead atoms. The predicted molar refractivity (Wildman–Crippen MR) is 68.3 cm³/mol. The van der Waals surface area contributed by atoms with E-state index in [0.29, 0.717) is 5.92 Å². The van der Waals surface area contributed by atoms with Gasteiger partial charge in [0.05, 0.1) is 5.92 Å². The Morgan fingerprint density at radius 2 is 2.31 bits per heavy atom. The lowest BCUT2D eigenvalue weighted by Crippen LogP contribution is -2.27. The molecule has 1 aromatic carbocycles. The van der Waals surface area contributed by atoms with Gasteiger partial charge in [-0.25, -0.2) is 0 Å². The van der Waals surface area contributed by atoms with Crippen molar-refractivity contribution < 1.29 is 4.79 Å². The number of carbonyl (C=O) groups is 1. The summed E-state index contributed by atoms with van der Waals surface area (Å²) >= 11 is 3.38. The van der Waals surface area contributed by atoms with Gasteiger partial charge in [0.2, 0.25) is 5.91 Å². The number of hydrogen-bond acceptors (Lipinski definition) is 2. The first kappa shape index (κ1) is 11.6. The van der Waals surface area contributed by atoms with Crippen molar-refractivity contribution in [2.75, 3.05) is 18.4 Å². The van der Waals surface area contributed by atoms with Gasteiger partial charge in [0.15, 0.2) is 0 Å². The fourth-order valence-corrected chi connectivity index (χ4v) is 2.36. The first-order chi connectivity index (χ1) is 7.66. The molecule has 1 heterocycles. The fraction of sp³-hybridized carbons (Fsp3) is 0.417. The summed E-state index contributed by atoms with van der Waals surface area (Å²) in [5.74, 6) is 0.599. The molecule has 86 valence electrons. The normalized spacial score (nSPS) is 24.4. The average Bonchev–Trinajstić information content (AvgIpc) is 2.64. The molecule has 0 radical (unpaired) electrons. The number of benzene rings is 1. The van der Waals surface area contributed by atoms with E-state index in [2.05, 4.69) is 33.5 Å². The highest BCUT2D eigenvalue weighted by Gasteiger charge is 2.29. The van der Waals surface area contributed by atoms with Crippen LogP contribution in [-0.2, 0) is 4.79 Å². The molecule has 0 saturated carbocycles. The van der Waals surface area contributed by atoms with Gasteiger partial charge >= 0.3 is 0 Å². The molecule has 1 aromatic rings. The van der Waals surface area contributed by atoms with Crippen molar-refractivity contribution in [3.05, 3.63) is 28.7 Å². The largest absolute Gasteiger partial charge is 0.326 e. The molecule has 4 heteroatoms. The van der Waals surface area contributed by atoms with Crippen LogP contribution in [0.2, 0.25) is 0 Å². The maximum atomic E-state index is 12.0. The smallest absolute Gasteiger partial charge is 0.229 e. The Labute approximate surface area is 104 Å². The first-order valence-electron chi connectivity index (χ1n) is 5.44. The van der Waals surface area contributed by atoms with Gasteiger partial charge in [-0.1, -0.05) is 28.9 Å². The zero-order chi connectivity index (χ0) is 11.5. The lowest BCUT2D eigenvalue weighted by atomic mass is 9.97. The third-order valence-corrected chi connectivity index (χ3v) is 3.44. The van der Waals surface area contributed by atoms with E-state index in [4.69, 9.17) is 0 Å². The molecule has 2 N–H and O–H groups in total. The van der Waals surface area contributed by atoms with Gasteiger partial charge in [0.1, 0.15) is 0 Å². The van der Waals surface area contributed by atoms with Crippen LogP contribution in [0.1, 0.15) is 6.92 Å². The molecule has 0 aliphatic carbocycles. The second kappa shape index (κ2) is 4.97. The molecule has 2 atom stereocenters. The average molecular weight is 283 g/mol. The number of nitrogens with one attached hydrogen (secondary N) is 2. The molecule has 0 aromatic heterocycles. The van der Waals surface area contributed by atoms with Crippen LogP contribution in [-0.4, -0.2) is 19.0 Å². The van der Waals surface area contributed by atoms with Gasteiger partial charge in [-0.15, -0.1) is 0 Å². The number of halogens is 1. The summed E-state index contributed by atoms with van der Waals surface area (Å²) in [6.07, 6.45) is 0.